The van der Waals surface area contributed by atoms with Gasteiger partial charge in [-0.3, -0.25) is 5.14 Å². The lowest BCUT2D eigenvalue weighted by atomic mass is 11.0. The molecule has 1 unspecified atom stereocenters. The summed E-state index contributed by atoms with van der Waals surface area (Å²) < 4.78 is 10.1. The van der Waals surface area contributed by atoms with Crippen molar-refractivity contribution in [3.05, 3.63) is 0 Å². The van der Waals surface area contributed by atoms with Gasteiger partial charge in [0.05, 0.1) is 11.0 Å². The van der Waals surface area contributed by atoms with Gasteiger partial charge in [-0.05, 0) is 12.8 Å². The maximum atomic E-state index is 10.1. The van der Waals surface area contributed by atoms with E-state index in [1.54, 1.807) is 0 Å². The van der Waals surface area contributed by atoms with Gasteiger partial charge in [-0.15, -0.1) is 0 Å². The van der Waals surface area contributed by atoms with E-state index < -0.39 is 11.0 Å². The first kappa shape index (κ1) is 4.27. The Balaban J connectivity index is 2.31. The minimum absolute atomic E-state index is 0.352. The van der Waals surface area contributed by atoms with E-state index >= 15 is 0 Å². The molecule has 1 aliphatic rings. The molecule has 1 fully saturated rings. The second kappa shape index (κ2) is 1.31. The number of hydrogen-bond acceptors (Lipinski definition) is 1. The molecule has 6 heavy (non-hydrogen) atoms. The van der Waals surface area contributed by atoms with E-state index in [0.717, 1.165) is 12.8 Å². The highest BCUT2D eigenvalue weighted by atomic mass is 32.2. The van der Waals surface area contributed by atoms with Crippen LogP contribution in [0.3, 0.4) is 0 Å². The molecule has 3 heteroatoms. The zero-order valence-electron chi connectivity index (χ0n) is 3.39. The van der Waals surface area contributed by atoms with Crippen LogP contribution in [0, 0.1) is 0 Å². The van der Waals surface area contributed by atoms with Crippen LogP contribution in [0.2, 0.25) is 0 Å². The molecule has 2 nitrogen and oxygen atoms in total. The summed E-state index contributed by atoms with van der Waals surface area (Å²) in [5.41, 5.74) is 0. The van der Waals surface area contributed by atoms with E-state index in [9.17, 15) is 4.21 Å². The molecule has 1 aliphatic carbocycles. The van der Waals surface area contributed by atoms with E-state index in [-0.39, 0.29) is 0 Å². The molecule has 0 aliphatic heterocycles. The molecule has 0 heterocycles. The Kier molecular flexibility index (Phi) is 0.935. The largest absolute Gasteiger partial charge is 0.252 e. The number of rotatable bonds is 1. The van der Waals surface area contributed by atoms with Crippen LogP contribution in [0.5, 0.6) is 0 Å². The minimum atomic E-state index is -1.01. The Morgan fingerprint density at radius 1 is 1.67 bits per heavy atom. The minimum Gasteiger partial charge on any atom is -0.252 e. The zero-order valence-corrected chi connectivity index (χ0v) is 4.20. The Morgan fingerprint density at radius 2 is 2.17 bits per heavy atom. The van der Waals surface area contributed by atoms with E-state index in [0.29, 0.717) is 5.25 Å². The van der Waals surface area contributed by atoms with Crippen LogP contribution < -0.4 is 5.14 Å². The van der Waals surface area contributed by atoms with Crippen molar-refractivity contribution in [1.82, 2.24) is 0 Å². The molecule has 0 bridgehead atoms. The average molecular weight is 105 g/mol. The van der Waals surface area contributed by atoms with Crippen LogP contribution in [-0.2, 0) is 11.0 Å². The van der Waals surface area contributed by atoms with Gasteiger partial charge >= 0.3 is 0 Å². The molecular formula is C3H7NOS. The summed E-state index contributed by atoms with van der Waals surface area (Å²) in [6.07, 6.45) is 2.15. The lowest BCUT2D eigenvalue weighted by Crippen LogP contribution is -2.06. The molecule has 1 saturated carbocycles. The fourth-order valence-corrected chi connectivity index (χ4v) is 0.901. The molecule has 0 spiro atoms. The summed E-state index contributed by atoms with van der Waals surface area (Å²) in [7, 11) is -1.01. The normalized spacial score (nSPS) is 26.8. The third-order valence-corrected chi connectivity index (χ3v) is 1.98. The van der Waals surface area contributed by atoms with Gasteiger partial charge in [0.25, 0.3) is 0 Å². The molecular weight excluding hydrogens is 98.1 g/mol. The average Bonchev–Trinajstić information content (AvgIpc) is 2.06. The Hall–Kier alpha value is 0.110. The van der Waals surface area contributed by atoms with Gasteiger partial charge in [0, 0.05) is 5.25 Å². The van der Waals surface area contributed by atoms with Gasteiger partial charge in [0.2, 0.25) is 0 Å². The van der Waals surface area contributed by atoms with Crippen LogP contribution in [0.25, 0.3) is 0 Å². The lowest BCUT2D eigenvalue weighted by molar-refractivity contribution is 0.683. The van der Waals surface area contributed by atoms with Gasteiger partial charge in [0.15, 0.2) is 0 Å². The molecule has 0 amide bonds. The van der Waals surface area contributed by atoms with Crippen LogP contribution >= 0.6 is 0 Å². The molecule has 0 aromatic carbocycles. The van der Waals surface area contributed by atoms with Crippen molar-refractivity contribution in [3.63, 3.8) is 0 Å². The predicted octanol–water partition coefficient (Wildman–Crippen LogP) is -0.229. The standard InChI is InChI=1S/C3H7NOS/c4-6(5)3-1-2-3/h3H,1-2,4H2. The fraction of sp³-hybridized carbons (Fsp3) is 1.00. The van der Waals surface area contributed by atoms with Crippen molar-refractivity contribution in [1.29, 1.82) is 0 Å². The SMILES string of the molecule is NS(=O)C1CC1. The van der Waals surface area contributed by atoms with Crippen molar-refractivity contribution in [2.75, 3.05) is 0 Å². The molecule has 0 aromatic rings. The van der Waals surface area contributed by atoms with Gasteiger partial charge in [0.1, 0.15) is 0 Å². The lowest BCUT2D eigenvalue weighted by Gasteiger charge is -1.79. The first-order valence-corrected chi connectivity index (χ1v) is 3.23. The predicted molar refractivity (Wildman–Crippen MR) is 25.4 cm³/mol. The van der Waals surface area contributed by atoms with E-state index in [2.05, 4.69) is 0 Å². The van der Waals surface area contributed by atoms with Crippen molar-refractivity contribution < 1.29 is 4.21 Å². The zero-order chi connectivity index (χ0) is 4.57. The third-order valence-electron chi connectivity index (χ3n) is 0.853. The smallest absolute Gasteiger partial charge is 0.0919 e. The Morgan fingerprint density at radius 3 is 2.17 bits per heavy atom. The maximum Gasteiger partial charge on any atom is 0.0919 e. The van der Waals surface area contributed by atoms with E-state index in [1.165, 1.54) is 0 Å². The highest BCUT2D eigenvalue weighted by Crippen LogP contribution is 2.23. The van der Waals surface area contributed by atoms with Gasteiger partial charge in [-0.2, -0.15) is 0 Å². The third kappa shape index (κ3) is 0.786. The molecule has 0 radical (unpaired) electrons. The van der Waals surface area contributed by atoms with Gasteiger partial charge in [-0.1, -0.05) is 0 Å². The van der Waals surface area contributed by atoms with Crippen LogP contribution in [0.15, 0.2) is 0 Å². The van der Waals surface area contributed by atoms with E-state index in [4.69, 9.17) is 5.14 Å². The van der Waals surface area contributed by atoms with E-state index in [1.807, 2.05) is 0 Å². The summed E-state index contributed by atoms with van der Waals surface area (Å²) in [6, 6.07) is 0. The highest BCUT2D eigenvalue weighted by molar-refractivity contribution is 7.83. The number of nitrogens with two attached hydrogens (primary N) is 1. The van der Waals surface area contributed by atoms with Crippen LogP contribution in [0.1, 0.15) is 12.8 Å². The maximum absolute atomic E-state index is 10.1. The number of hydrogen-bond donors (Lipinski definition) is 1. The topological polar surface area (TPSA) is 43.1 Å². The van der Waals surface area contributed by atoms with Crippen LogP contribution in [0.4, 0.5) is 0 Å². The summed E-state index contributed by atoms with van der Waals surface area (Å²) in [6.45, 7) is 0. The molecule has 1 atom stereocenters. The van der Waals surface area contributed by atoms with Crippen LogP contribution in [-0.4, -0.2) is 9.46 Å². The quantitative estimate of drug-likeness (QED) is 0.492. The summed E-state index contributed by atoms with van der Waals surface area (Å²) in [5, 5.41) is 5.32. The monoisotopic (exact) mass is 105 g/mol. The summed E-state index contributed by atoms with van der Waals surface area (Å²) >= 11 is 0. The van der Waals surface area contributed by atoms with Crippen molar-refractivity contribution in [2.45, 2.75) is 18.1 Å². The molecule has 0 aromatic heterocycles. The van der Waals surface area contributed by atoms with Gasteiger partial charge < -0.3 is 0 Å². The summed E-state index contributed by atoms with van der Waals surface area (Å²) in [4.78, 5) is 0. The Bertz CT molecular complexity index is 78.9. The highest BCUT2D eigenvalue weighted by Gasteiger charge is 2.25. The van der Waals surface area contributed by atoms with Crippen molar-refractivity contribution in [3.8, 4) is 0 Å². The second-order valence-corrected chi connectivity index (χ2v) is 2.85. The Labute approximate surface area is 39.3 Å². The first-order chi connectivity index (χ1) is 2.80. The molecule has 1 rings (SSSR count). The van der Waals surface area contributed by atoms with Crippen molar-refractivity contribution >= 4 is 11.0 Å². The molecule has 0 saturated heterocycles. The van der Waals surface area contributed by atoms with Crippen molar-refractivity contribution in [2.24, 2.45) is 5.14 Å². The molecule has 36 valence electrons. The van der Waals surface area contributed by atoms with Gasteiger partial charge in [-0.25, -0.2) is 4.21 Å². The second-order valence-electron chi connectivity index (χ2n) is 1.53. The first-order valence-electron chi connectivity index (χ1n) is 1.95. The summed E-state index contributed by atoms with van der Waals surface area (Å²) in [5.74, 6) is 0. The molecule has 2 N–H and O–H groups in total. The fourth-order valence-electron chi connectivity index (χ4n) is 0.300.